The third-order valence-corrected chi connectivity index (χ3v) is 0. The fraction of sp³-hybridized carbons (Fsp3) is 0. The van der Waals surface area contributed by atoms with Crippen molar-refractivity contribution in [3.8, 4) is 0 Å². The van der Waals surface area contributed by atoms with Gasteiger partial charge in [-0.1, -0.05) is 0 Å². The molecule has 0 fully saturated rings. The first-order chi connectivity index (χ1) is 0. The van der Waals surface area contributed by atoms with E-state index in [2.05, 4.69) is 0 Å². The maximum atomic E-state index is 0. The van der Waals surface area contributed by atoms with Crippen LogP contribution in [0.25, 0.3) is 0 Å². The Balaban J connectivity index is 0. The molecule has 9 heavy (non-hydrogen) atoms. The average molecular weight is 252 g/mol. The second kappa shape index (κ2) is 2620. The molecule has 0 aromatic rings. The quantitative estimate of drug-likeness (QED) is 0.364. The number of hydrogen-bond donors (Lipinski definition) is 0. The van der Waals surface area contributed by atoms with Gasteiger partial charge in [-0.2, -0.15) is 0 Å². The van der Waals surface area contributed by atoms with Gasteiger partial charge < -0.3 is 43.8 Å². The summed E-state index contributed by atoms with van der Waals surface area (Å²) in [6, 6.07) is 0. The van der Waals surface area contributed by atoms with E-state index < -0.39 is 0 Å². The van der Waals surface area contributed by atoms with E-state index in [1.165, 1.54) is 0 Å². The molecule has 0 amide bonds. The first-order valence-corrected chi connectivity index (χ1v) is 0. The Morgan fingerprint density at radius 1 is 0.222 bits per heavy atom. The van der Waals surface area contributed by atoms with Crippen LogP contribution >= 0.6 is 0 Å². The van der Waals surface area contributed by atoms with Crippen molar-refractivity contribution in [2.45, 2.75) is 0 Å². The third kappa shape index (κ3) is 1970. The predicted molar refractivity (Wildman–Crippen MR) is 28.9 cm³/mol. The summed E-state index contributed by atoms with van der Waals surface area (Å²) in [4.78, 5) is 0. The standard InChI is InChI=1S/Ag.8H2O/h;8*1H2. The van der Waals surface area contributed by atoms with E-state index in [4.69, 9.17) is 0 Å². The van der Waals surface area contributed by atoms with Crippen molar-refractivity contribution in [2.24, 2.45) is 0 Å². The van der Waals surface area contributed by atoms with Crippen molar-refractivity contribution >= 4 is 0 Å². The van der Waals surface area contributed by atoms with Gasteiger partial charge in [0, 0.05) is 22.4 Å². The molecule has 0 saturated carbocycles. The molecule has 0 aromatic carbocycles. The van der Waals surface area contributed by atoms with Crippen LogP contribution in [-0.4, -0.2) is 43.8 Å². The second-order valence-electron chi connectivity index (χ2n) is 0. The van der Waals surface area contributed by atoms with Gasteiger partial charge in [0.2, 0.25) is 0 Å². The van der Waals surface area contributed by atoms with Crippen LogP contribution in [0.4, 0.5) is 0 Å². The van der Waals surface area contributed by atoms with Gasteiger partial charge in [0.25, 0.3) is 0 Å². The molecule has 0 spiro atoms. The van der Waals surface area contributed by atoms with Gasteiger partial charge in [0.15, 0.2) is 0 Å². The number of rotatable bonds is 0. The van der Waals surface area contributed by atoms with Crippen LogP contribution < -0.4 is 0 Å². The molecular formula is H16AgO8. The van der Waals surface area contributed by atoms with Crippen LogP contribution in [0.3, 0.4) is 0 Å². The van der Waals surface area contributed by atoms with Crippen LogP contribution in [0.5, 0.6) is 0 Å². The minimum Gasteiger partial charge on any atom is -0.412 e. The average Bonchev–Trinajstić information content (AvgIpc) is 0. The van der Waals surface area contributed by atoms with Crippen molar-refractivity contribution in [3.63, 3.8) is 0 Å². The summed E-state index contributed by atoms with van der Waals surface area (Å²) in [6.45, 7) is 0. The Bertz CT molecular complexity index is 4.53. The molecule has 0 saturated heterocycles. The first-order valence-electron chi connectivity index (χ1n) is 0. The summed E-state index contributed by atoms with van der Waals surface area (Å²) in [5.74, 6) is 0. The molecule has 0 bridgehead atoms. The van der Waals surface area contributed by atoms with Gasteiger partial charge in [-0.05, 0) is 0 Å². The van der Waals surface area contributed by atoms with E-state index in [9.17, 15) is 0 Å². The van der Waals surface area contributed by atoms with Gasteiger partial charge in [-0.3, -0.25) is 0 Å². The zero-order valence-electron chi connectivity index (χ0n) is 4.30. The maximum absolute atomic E-state index is 0. The largest absolute Gasteiger partial charge is 0.412 e. The number of hydrogen-bond acceptors (Lipinski definition) is 0. The second-order valence-corrected chi connectivity index (χ2v) is 0. The zero-order chi connectivity index (χ0) is 0. The molecule has 0 aliphatic carbocycles. The van der Waals surface area contributed by atoms with Crippen LogP contribution in [0.2, 0.25) is 0 Å². The monoisotopic (exact) mass is 251 g/mol. The summed E-state index contributed by atoms with van der Waals surface area (Å²) < 4.78 is 0. The van der Waals surface area contributed by atoms with Gasteiger partial charge in [-0.15, -0.1) is 0 Å². The fourth-order valence-corrected chi connectivity index (χ4v) is 0. The van der Waals surface area contributed by atoms with E-state index in [0.717, 1.165) is 0 Å². The minimum absolute atomic E-state index is 0. The Labute approximate surface area is 66.8 Å². The van der Waals surface area contributed by atoms with Crippen LogP contribution in [0.1, 0.15) is 0 Å². The normalized spacial score (nSPS) is 0. The molecule has 9 heteroatoms. The molecule has 1 radical (unpaired) electrons. The molecule has 0 aromatic heterocycles. The van der Waals surface area contributed by atoms with E-state index in [0.29, 0.717) is 0 Å². The van der Waals surface area contributed by atoms with Gasteiger partial charge in [0.05, 0.1) is 0 Å². The van der Waals surface area contributed by atoms with Gasteiger partial charge in [0.1, 0.15) is 0 Å². The van der Waals surface area contributed by atoms with E-state index in [1.54, 1.807) is 0 Å². The summed E-state index contributed by atoms with van der Waals surface area (Å²) in [5.41, 5.74) is 0. The molecule has 8 nitrogen and oxygen atoms in total. The minimum atomic E-state index is 0. The smallest absolute Gasteiger partial charge is 0 e. The van der Waals surface area contributed by atoms with Crippen molar-refractivity contribution < 1.29 is 66.2 Å². The van der Waals surface area contributed by atoms with Crippen molar-refractivity contribution in [1.82, 2.24) is 0 Å². The fourth-order valence-electron chi connectivity index (χ4n) is 0. The van der Waals surface area contributed by atoms with E-state index in [1.807, 2.05) is 0 Å². The first kappa shape index (κ1) is 3780. The summed E-state index contributed by atoms with van der Waals surface area (Å²) >= 11 is 0. The van der Waals surface area contributed by atoms with Crippen LogP contribution in [0, 0.1) is 0 Å². The van der Waals surface area contributed by atoms with Crippen LogP contribution in [0.15, 0.2) is 0 Å². The van der Waals surface area contributed by atoms with Gasteiger partial charge >= 0.3 is 0 Å². The topological polar surface area (TPSA) is 252 Å². The van der Waals surface area contributed by atoms with Crippen molar-refractivity contribution in [2.75, 3.05) is 0 Å². The SMILES string of the molecule is O.O.O.O.O.O.O.O.[Ag]. The Morgan fingerprint density at radius 2 is 0.222 bits per heavy atom. The molecule has 75 valence electrons. The molecule has 0 aliphatic rings. The van der Waals surface area contributed by atoms with E-state index >= 15 is 0 Å². The Morgan fingerprint density at radius 3 is 0.222 bits per heavy atom. The summed E-state index contributed by atoms with van der Waals surface area (Å²) in [7, 11) is 0. The van der Waals surface area contributed by atoms with Crippen molar-refractivity contribution in [1.29, 1.82) is 0 Å². The van der Waals surface area contributed by atoms with Gasteiger partial charge in [-0.25, -0.2) is 0 Å². The van der Waals surface area contributed by atoms with Crippen LogP contribution in [-0.2, 0) is 22.4 Å². The molecule has 16 N–H and O–H groups in total. The predicted octanol–water partition coefficient (Wildman–Crippen LogP) is -6.60. The Kier molecular flexibility index (Phi) is 1100000. The molecule has 0 unspecified atom stereocenters. The molecule has 0 rings (SSSR count). The summed E-state index contributed by atoms with van der Waals surface area (Å²) in [6.07, 6.45) is 0. The molecule has 0 heterocycles. The summed E-state index contributed by atoms with van der Waals surface area (Å²) in [5, 5.41) is 0. The third-order valence-electron chi connectivity index (χ3n) is 0. The zero-order valence-corrected chi connectivity index (χ0v) is 5.78. The van der Waals surface area contributed by atoms with E-state index in [-0.39, 0.29) is 66.2 Å². The molecular weight excluding hydrogens is 236 g/mol. The molecule has 0 atom stereocenters. The maximum Gasteiger partial charge on any atom is 0 e. The molecule has 0 aliphatic heterocycles. The Hall–Kier alpha value is 0.420. The van der Waals surface area contributed by atoms with Crippen molar-refractivity contribution in [3.05, 3.63) is 0 Å².